The predicted molar refractivity (Wildman–Crippen MR) is 130 cm³/mol. The number of rotatable bonds is 5. The lowest BCUT2D eigenvalue weighted by atomic mass is 9.97. The van der Waals surface area contributed by atoms with Gasteiger partial charge in [-0.15, -0.1) is 0 Å². The van der Waals surface area contributed by atoms with Crippen molar-refractivity contribution < 1.29 is 19.1 Å². The fourth-order valence-electron chi connectivity index (χ4n) is 4.79. The van der Waals surface area contributed by atoms with E-state index in [0.717, 1.165) is 22.4 Å². The van der Waals surface area contributed by atoms with Crippen LogP contribution in [0.2, 0.25) is 0 Å². The molecule has 1 amide bonds. The molecule has 0 saturated carbocycles. The third kappa shape index (κ3) is 3.61. The SMILES string of the molecule is COc1ccc(CCN2C(=O)c3oc4c(C)cc(C)cc4c(=O)c3C2c2cccc(O)c2)cc1. The van der Waals surface area contributed by atoms with Crippen molar-refractivity contribution in [3.63, 3.8) is 0 Å². The predicted octanol–water partition coefficient (Wildman–Crippen LogP) is 4.91. The standard InChI is InChI=1S/C28H25NO5/c1-16-13-17(2)26-22(14-16)25(31)23-24(19-5-4-6-20(30)15-19)29(28(32)27(23)34-26)12-11-18-7-9-21(33-3)10-8-18/h4-10,13-15,24,30H,11-12H2,1-3H3. The first kappa shape index (κ1) is 21.8. The molecule has 1 N–H and O–H groups in total. The number of methoxy groups -OCH3 is 1. The molecule has 0 bridgehead atoms. The molecule has 0 fully saturated rings. The molecule has 172 valence electrons. The van der Waals surface area contributed by atoms with Crippen molar-refractivity contribution in [1.82, 2.24) is 4.90 Å². The number of phenols is 1. The average Bonchev–Trinajstić information content (AvgIpc) is 3.10. The first-order chi connectivity index (χ1) is 16.4. The molecule has 1 aliphatic rings. The third-order valence-electron chi connectivity index (χ3n) is 6.38. The Labute approximate surface area is 197 Å². The first-order valence-corrected chi connectivity index (χ1v) is 11.2. The van der Waals surface area contributed by atoms with Crippen LogP contribution in [0, 0.1) is 13.8 Å². The molecule has 3 aromatic carbocycles. The number of nitrogens with zero attached hydrogens (tertiary/aromatic N) is 1. The number of amides is 1. The van der Waals surface area contributed by atoms with Gasteiger partial charge in [-0.1, -0.05) is 30.3 Å². The van der Waals surface area contributed by atoms with E-state index < -0.39 is 6.04 Å². The number of carbonyl (C=O) groups is 1. The normalized spacial score (nSPS) is 15.1. The van der Waals surface area contributed by atoms with E-state index in [2.05, 4.69) is 0 Å². The van der Waals surface area contributed by atoms with Gasteiger partial charge in [0.1, 0.15) is 17.1 Å². The zero-order valence-electron chi connectivity index (χ0n) is 19.3. The molecule has 1 atom stereocenters. The summed E-state index contributed by atoms with van der Waals surface area (Å²) in [5, 5.41) is 10.6. The van der Waals surface area contributed by atoms with Crippen molar-refractivity contribution in [2.45, 2.75) is 26.3 Å². The number of ether oxygens (including phenoxy) is 1. The minimum absolute atomic E-state index is 0.0744. The summed E-state index contributed by atoms with van der Waals surface area (Å²) in [5.41, 5.74) is 4.02. The van der Waals surface area contributed by atoms with Crippen molar-refractivity contribution in [3.8, 4) is 11.5 Å². The highest BCUT2D eigenvalue weighted by Gasteiger charge is 2.42. The van der Waals surface area contributed by atoms with Gasteiger partial charge in [0, 0.05) is 6.54 Å². The van der Waals surface area contributed by atoms with E-state index in [9.17, 15) is 14.7 Å². The minimum atomic E-state index is -0.644. The Balaban J connectivity index is 1.63. The zero-order chi connectivity index (χ0) is 24.0. The maximum absolute atomic E-state index is 13.7. The molecular weight excluding hydrogens is 430 g/mol. The molecule has 0 saturated heterocycles. The van der Waals surface area contributed by atoms with Crippen LogP contribution < -0.4 is 10.2 Å². The minimum Gasteiger partial charge on any atom is -0.508 e. The number of benzene rings is 3. The van der Waals surface area contributed by atoms with Gasteiger partial charge >= 0.3 is 0 Å². The van der Waals surface area contributed by atoms with Crippen molar-refractivity contribution in [2.75, 3.05) is 13.7 Å². The van der Waals surface area contributed by atoms with Gasteiger partial charge in [0.05, 0.1) is 24.1 Å². The zero-order valence-corrected chi connectivity index (χ0v) is 19.3. The molecule has 1 aromatic heterocycles. The summed E-state index contributed by atoms with van der Waals surface area (Å²) < 4.78 is 11.3. The molecular formula is C28H25NO5. The molecule has 0 aliphatic carbocycles. The highest BCUT2D eigenvalue weighted by molar-refractivity contribution is 5.99. The van der Waals surface area contributed by atoms with Gasteiger partial charge in [0.15, 0.2) is 5.43 Å². The van der Waals surface area contributed by atoms with E-state index in [-0.39, 0.29) is 22.8 Å². The molecule has 34 heavy (non-hydrogen) atoms. The summed E-state index contributed by atoms with van der Waals surface area (Å²) in [7, 11) is 1.62. The van der Waals surface area contributed by atoms with Crippen molar-refractivity contribution >= 4 is 16.9 Å². The highest BCUT2D eigenvalue weighted by atomic mass is 16.5. The van der Waals surface area contributed by atoms with Crippen molar-refractivity contribution in [2.24, 2.45) is 0 Å². The lowest BCUT2D eigenvalue weighted by Crippen LogP contribution is -2.31. The first-order valence-electron chi connectivity index (χ1n) is 11.2. The number of phenolic OH excluding ortho intramolecular Hbond substituents is 1. The van der Waals surface area contributed by atoms with Crippen LogP contribution in [0.15, 0.2) is 69.9 Å². The smallest absolute Gasteiger partial charge is 0.290 e. The lowest BCUT2D eigenvalue weighted by Gasteiger charge is -2.25. The number of aryl methyl sites for hydroxylation is 2. The van der Waals surface area contributed by atoms with Gasteiger partial charge in [-0.3, -0.25) is 9.59 Å². The van der Waals surface area contributed by atoms with Crippen LogP contribution in [0.25, 0.3) is 11.0 Å². The maximum Gasteiger partial charge on any atom is 0.290 e. The van der Waals surface area contributed by atoms with Crippen LogP contribution in [-0.4, -0.2) is 29.6 Å². The van der Waals surface area contributed by atoms with E-state index in [1.54, 1.807) is 36.3 Å². The largest absolute Gasteiger partial charge is 0.508 e. The van der Waals surface area contributed by atoms with Crippen LogP contribution in [0.1, 0.15) is 44.4 Å². The second-order valence-corrected chi connectivity index (χ2v) is 8.73. The van der Waals surface area contributed by atoms with Crippen LogP contribution in [0.3, 0.4) is 0 Å². The maximum atomic E-state index is 13.7. The topological polar surface area (TPSA) is 80.0 Å². The van der Waals surface area contributed by atoms with E-state index in [1.807, 2.05) is 50.2 Å². The van der Waals surface area contributed by atoms with Crippen LogP contribution >= 0.6 is 0 Å². The molecule has 4 aromatic rings. The van der Waals surface area contributed by atoms with E-state index in [4.69, 9.17) is 9.15 Å². The third-order valence-corrected chi connectivity index (χ3v) is 6.38. The number of aromatic hydroxyl groups is 1. The monoisotopic (exact) mass is 455 g/mol. The summed E-state index contributed by atoms with van der Waals surface area (Å²) >= 11 is 0. The summed E-state index contributed by atoms with van der Waals surface area (Å²) in [5.74, 6) is 0.590. The number of hydrogen-bond donors (Lipinski definition) is 1. The fraction of sp³-hybridized carbons (Fsp3) is 0.214. The molecule has 6 heteroatoms. The van der Waals surface area contributed by atoms with Gasteiger partial charge in [-0.2, -0.15) is 0 Å². The Hall–Kier alpha value is -4.06. The summed E-state index contributed by atoms with van der Waals surface area (Å²) in [6.07, 6.45) is 0.588. The Morgan fingerprint density at radius 2 is 1.79 bits per heavy atom. The van der Waals surface area contributed by atoms with E-state index in [0.29, 0.717) is 35.1 Å². The van der Waals surface area contributed by atoms with Crippen molar-refractivity contribution in [1.29, 1.82) is 0 Å². The second kappa shape index (κ2) is 8.37. The molecule has 2 heterocycles. The Morgan fingerprint density at radius 3 is 2.50 bits per heavy atom. The van der Waals surface area contributed by atoms with Gasteiger partial charge in [-0.25, -0.2) is 0 Å². The average molecular weight is 456 g/mol. The van der Waals surface area contributed by atoms with Crippen LogP contribution in [0.5, 0.6) is 11.5 Å². The van der Waals surface area contributed by atoms with Gasteiger partial charge in [0.2, 0.25) is 5.76 Å². The summed E-state index contributed by atoms with van der Waals surface area (Å²) in [6.45, 7) is 4.18. The fourth-order valence-corrected chi connectivity index (χ4v) is 4.79. The summed E-state index contributed by atoms with van der Waals surface area (Å²) in [4.78, 5) is 28.9. The van der Waals surface area contributed by atoms with Gasteiger partial charge < -0.3 is 19.2 Å². The van der Waals surface area contributed by atoms with Crippen LogP contribution in [0.4, 0.5) is 0 Å². The summed E-state index contributed by atoms with van der Waals surface area (Å²) in [6, 6.07) is 17.5. The quantitative estimate of drug-likeness (QED) is 0.462. The van der Waals surface area contributed by atoms with Gasteiger partial charge in [-0.05, 0) is 72.9 Å². The van der Waals surface area contributed by atoms with E-state index >= 15 is 0 Å². The molecule has 0 spiro atoms. The molecule has 5 rings (SSSR count). The Morgan fingerprint density at radius 1 is 1.03 bits per heavy atom. The van der Waals surface area contributed by atoms with Crippen molar-refractivity contribution in [3.05, 3.63) is 104 Å². The number of fused-ring (bicyclic) bond motifs is 2. The van der Waals surface area contributed by atoms with E-state index in [1.165, 1.54) is 0 Å². The highest BCUT2D eigenvalue weighted by Crippen LogP contribution is 2.39. The number of hydrogen-bond acceptors (Lipinski definition) is 5. The van der Waals surface area contributed by atoms with Crippen LogP contribution in [-0.2, 0) is 6.42 Å². The Kier molecular flexibility index (Phi) is 5.36. The molecule has 1 unspecified atom stereocenters. The number of carbonyl (C=O) groups excluding carboxylic acids is 1. The molecule has 1 aliphatic heterocycles. The second-order valence-electron chi connectivity index (χ2n) is 8.73. The lowest BCUT2D eigenvalue weighted by molar-refractivity contribution is 0.0730. The molecule has 0 radical (unpaired) electrons. The van der Waals surface area contributed by atoms with Gasteiger partial charge in [0.25, 0.3) is 5.91 Å². The Bertz CT molecular complexity index is 1470. The molecule has 6 nitrogen and oxygen atoms in total.